The maximum atomic E-state index is 11.5. The Hall–Kier alpha value is -1.01. The summed E-state index contributed by atoms with van der Waals surface area (Å²) in [7, 11) is 1.39. The van der Waals surface area contributed by atoms with Crippen molar-refractivity contribution in [2.24, 2.45) is 0 Å². The molecule has 0 aliphatic rings. The Kier molecular flexibility index (Phi) is 6.07. The Bertz CT molecular complexity index is 354. The Morgan fingerprint density at radius 2 is 2.47 bits per heavy atom. The van der Waals surface area contributed by atoms with Crippen molar-refractivity contribution in [2.75, 3.05) is 19.4 Å². The van der Waals surface area contributed by atoms with E-state index in [4.69, 9.17) is 9.15 Å². The van der Waals surface area contributed by atoms with Gasteiger partial charge in [0.2, 0.25) is 0 Å². The molecule has 1 N–H and O–H groups in total. The van der Waals surface area contributed by atoms with E-state index < -0.39 is 0 Å². The third-order valence-corrected chi connectivity index (χ3v) is 3.03. The number of carbonyl (C=O) groups is 1. The van der Waals surface area contributed by atoms with E-state index in [1.54, 1.807) is 6.26 Å². The van der Waals surface area contributed by atoms with E-state index in [-0.39, 0.29) is 12.0 Å². The van der Waals surface area contributed by atoms with Gasteiger partial charge in [-0.25, -0.2) is 4.98 Å². The number of rotatable bonds is 7. The minimum absolute atomic E-state index is 0.255. The lowest BCUT2D eigenvalue weighted by Crippen LogP contribution is -2.40. The molecular weight excluding hydrogens is 240 g/mol. The number of hydrogen-bond acceptors (Lipinski definition) is 6. The second-order valence-electron chi connectivity index (χ2n) is 3.60. The zero-order valence-corrected chi connectivity index (χ0v) is 11.2. The first-order chi connectivity index (χ1) is 8.17. The molecule has 1 heterocycles. The zero-order valence-electron chi connectivity index (χ0n) is 10.4. The van der Waals surface area contributed by atoms with Crippen LogP contribution in [0.25, 0.3) is 0 Å². The fourth-order valence-corrected chi connectivity index (χ4v) is 2.11. The fourth-order valence-electron chi connectivity index (χ4n) is 1.22. The van der Waals surface area contributed by atoms with E-state index >= 15 is 0 Å². The van der Waals surface area contributed by atoms with E-state index in [1.165, 1.54) is 18.9 Å². The van der Waals surface area contributed by atoms with Gasteiger partial charge in [0.15, 0.2) is 0 Å². The number of carbonyl (C=O) groups excluding carboxylic acids is 1. The van der Waals surface area contributed by atoms with Crippen molar-refractivity contribution >= 4 is 17.7 Å². The van der Waals surface area contributed by atoms with Crippen LogP contribution >= 0.6 is 11.8 Å². The van der Waals surface area contributed by atoms with E-state index in [1.807, 2.05) is 13.8 Å². The summed E-state index contributed by atoms with van der Waals surface area (Å²) in [5.74, 6) is 0.293. The molecule has 5 nitrogen and oxygen atoms in total. The molecule has 0 saturated carbocycles. The molecule has 0 amide bonds. The zero-order chi connectivity index (χ0) is 12.7. The monoisotopic (exact) mass is 258 g/mol. The SMILES string of the molecule is CCCNC(CSc1nc(C)co1)C(=O)OC. The Labute approximate surface area is 105 Å². The van der Waals surface area contributed by atoms with E-state index in [0.717, 1.165) is 18.7 Å². The van der Waals surface area contributed by atoms with Crippen molar-refractivity contribution in [3.8, 4) is 0 Å². The molecule has 1 rings (SSSR count). The van der Waals surface area contributed by atoms with Gasteiger partial charge in [0.05, 0.1) is 12.8 Å². The molecule has 0 aliphatic heterocycles. The fraction of sp³-hybridized carbons (Fsp3) is 0.636. The van der Waals surface area contributed by atoms with E-state index in [0.29, 0.717) is 11.0 Å². The molecule has 1 atom stereocenters. The maximum absolute atomic E-state index is 11.5. The number of aromatic nitrogens is 1. The Balaban J connectivity index is 2.45. The summed E-state index contributed by atoms with van der Waals surface area (Å²) < 4.78 is 9.94. The average Bonchev–Trinajstić information content (AvgIpc) is 2.74. The standard InChI is InChI=1S/C11H18N2O3S/c1-4-5-12-9(10(14)15-3)7-17-11-13-8(2)6-16-11/h6,9,12H,4-5,7H2,1-3H3. The summed E-state index contributed by atoms with van der Waals surface area (Å²) in [5.41, 5.74) is 0.837. The smallest absolute Gasteiger partial charge is 0.323 e. The summed E-state index contributed by atoms with van der Waals surface area (Å²) in [5, 5.41) is 3.71. The van der Waals surface area contributed by atoms with Gasteiger partial charge < -0.3 is 14.5 Å². The first-order valence-corrected chi connectivity index (χ1v) is 6.52. The van der Waals surface area contributed by atoms with Gasteiger partial charge in [-0.05, 0) is 19.9 Å². The number of methoxy groups -OCH3 is 1. The number of thioether (sulfide) groups is 1. The summed E-state index contributed by atoms with van der Waals surface area (Å²) in [6.07, 6.45) is 2.56. The number of oxazole rings is 1. The van der Waals surface area contributed by atoms with Crippen LogP contribution in [-0.2, 0) is 9.53 Å². The van der Waals surface area contributed by atoms with Crippen LogP contribution in [0, 0.1) is 6.92 Å². The van der Waals surface area contributed by atoms with Crippen LogP contribution in [0.3, 0.4) is 0 Å². The normalized spacial score (nSPS) is 12.4. The van der Waals surface area contributed by atoms with Crippen molar-refractivity contribution in [2.45, 2.75) is 31.5 Å². The summed E-state index contributed by atoms with van der Waals surface area (Å²) in [6.45, 7) is 4.69. The van der Waals surface area contributed by atoms with Gasteiger partial charge >= 0.3 is 5.97 Å². The van der Waals surface area contributed by atoms with Crippen LogP contribution in [0.2, 0.25) is 0 Å². The Morgan fingerprint density at radius 3 is 3.00 bits per heavy atom. The highest BCUT2D eigenvalue weighted by Gasteiger charge is 2.19. The lowest BCUT2D eigenvalue weighted by atomic mass is 10.3. The number of nitrogens with zero attached hydrogens (tertiary/aromatic N) is 1. The molecule has 1 aromatic rings. The summed E-state index contributed by atoms with van der Waals surface area (Å²) in [6, 6.07) is -0.322. The van der Waals surface area contributed by atoms with Gasteiger partial charge in [-0.15, -0.1) is 0 Å². The minimum Gasteiger partial charge on any atom is -0.468 e. The molecule has 0 aromatic carbocycles. The van der Waals surface area contributed by atoms with Crippen molar-refractivity contribution in [1.29, 1.82) is 0 Å². The van der Waals surface area contributed by atoms with Crippen LogP contribution in [0.15, 0.2) is 15.9 Å². The molecule has 0 saturated heterocycles. The van der Waals surface area contributed by atoms with Crippen LogP contribution in [0.4, 0.5) is 0 Å². The van der Waals surface area contributed by atoms with Crippen LogP contribution in [-0.4, -0.2) is 36.4 Å². The molecule has 0 radical (unpaired) electrons. The predicted molar refractivity (Wildman–Crippen MR) is 66.1 cm³/mol. The molecular formula is C11H18N2O3S. The predicted octanol–water partition coefficient (Wildman–Crippen LogP) is 1.62. The average molecular weight is 258 g/mol. The molecule has 0 aliphatic carbocycles. The topological polar surface area (TPSA) is 64.4 Å². The molecule has 17 heavy (non-hydrogen) atoms. The largest absolute Gasteiger partial charge is 0.468 e. The van der Waals surface area contributed by atoms with Crippen molar-refractivity contribution in [1.82, 2.24) is 10.3 Å². The van der Waals surface area contributed by atoms with Crippen LogP contribution < -0.4 is 5.32 Å². The van der Waals surface area contributed by atoms with Crippen molar-refractivity contribution in [3.63, 3.8) is 0 Å². The molecule has 1 aromatic heterocycles. The summed E-state index contributed by atoms with van der Waals surface area (Å²) in [4.78, 5) is 15.7. The highest BCUT2D eigenvalue weighted by molar-refractivity contribution is 7.99. The number of nitrogens with one attached hydrogen (secondary N) is 1. The lowest BCUT2D eigenvalue weighted by molar-refractivity contribution is -0.142. The van der Waals surface area contributed by atoms with Gasteiger partial charge in [0.25, 0.3) is 5.22 Å². The molecule has 96 valence electrons. The third kappa shape index (κ3) is 4.79. The second-order valence-corrected chi connectivity index (χ2v) is 4.57. The van der Waals surface area contributed by atoms with Gasteiger partial charge in [0, 0.05) is 5.75 Å². The Morgan fingerprint density at radius 1 is 1.71 bits per heavy atom. The van der Waals surface area contributed by atoms with E-state index in [2.05, 4.69) is 10.3 Å². The molecule has 1 unspecified atom stereocenters. The molecule has 0 bridgehead atoms. The van der Waals surface area contributed by atoms with Gasteiger partial charge in [-0.1, -0.05) is 18.7 Å². The molecule has 6 heteroatoms. The highest BCUT2D eigenvalue weighted by atomic mass is 32.2. The molecule has 0 spiro atoms. The van der Waals surface area contributed by atoms with Crippen LogP contribution in [0.1, 0.15) is 19.0 Å². The number of esters is 1. The number of hydrogen-bond donors (Lipinski definition) is 1. The summed E-state index contributed by atoms with van der Waals surface area (Å²) >= 11 is 1.40. The first kappa shape index (κ1) is 14.1. The maximum Gasteiger partial charge on any atom is 0.323 e. The lowest BCUT2D eigenvalue weighted by Gasteiger charge is -2.14. The molecule has 0 fully saturated rings. The second kappa shape index (κ2) is 7.34. The third-order valence-electron chi connectivity index (χ3n) is 2.10. The van der Waals surface area contributed by atoms with Gasteiger partial charge in [0.1, 0.15) is 12.3 Å². The minimum atomic E-state index is -0.322. The van der Waals surface area contributed by atoms with Gasteiger partial charge in [-0.2, -0.15) is 0 Å². The van der Waals surface area contributed by atoms with Crippen molar-refractivity contribution < 1.29 is 13.9 Å². The quantitative estimate of drug-likeness (QED) is 0.592. The van der Waals surface area contributed by atoms with Crippen LogP contribution in [0.5, 0.6) is 0 Å². The van der Waals surface area contributed by atoms with Crippen molar-refractivity contribution in [3.05, 3.63) is 12.0 Å². The number of aryl methyl sites for hydroxylation is 1. The van der Waals surface area contributed by atoms with E-state index in [9.17, 15) is 4.79 Å². The first-order valence-electron chi connectivity index (χ1n) is 5.53. The van der Waals surface area contributed by atoms with Gasteiger partial charge in [-0.3, -0.25) is 4.79 Å². The number of ether oxygens (including phenoxy) is 1. The highest BCUT2D eigenvalue weighted by Crippen LogP contribution is 2.17.